The number of nitrogens with zero attached hydrogens (tertiary/aromatic N) is 4. The Morgan fingerprint density at radius 2 is 1.38 bits per heavy atom. The van der Waals surface area contributed by atoms with E-state index in [0.717, 1.165) is 29.6 Å². The van der Waals surface area contributed by atoms with Crippen molar-refractivity contribution >= 4 is 47.2 Å². The molecule has 17 heteroatoms. The number of amides is 4. The molecule has 4 amide bonds. The van der Waals surface area contributed by atoms with E-state index >= 15 is 0 Å². The molecule has 0 saturated heterocycles. The summed E-state index contributed by atoms with van der Waals surface area (Å²) >= 11 is 0. The molecule has 0 radical (unpaired) electrons. The van der Waals surface area contributed by atoms with E-state index in [2.05, 4.69) is 10.3 Å². The number of hydrogen-bond acceptors (Lipinski definition) is 13. The van der Waals surface area contributed by atoms with E-state index in [1.165, 1.54) is 26.2 Å². The average Bonchev–Trinajstić information content (AvgIpc) is 3.86. The molecule has 0 spiro atoms. The van der Waals surface area contributed by atoms with Crippen molar-refractivity contribution in [3.05, 3.63) is 94.3 Å². The van der Waals surface area contributed by atoms with Gasteiger partial charge in [-0.25, -0.2) is 9.69 Å². The number of hydrogen-bond donors (Lipinski definition) is 2. The minimum Gasteiger partial charge on any atom is -0.493 e. The van der Waals surface area contributed by atoms with Crippen LogP contribution in [0.2, 0.25) is 0 Å². The van der Waals surface area contributed by atoms with Gasteiger partial charge in [-0.05, 0) is 82.1 Å². The topological polar surface area (TPSA) is 201 Å². The van der Waals surface area contributed by atoms with Crippen LogP contribution in [0.15, 0.2) is 77.1 Å². The Hall–Kier alpha value is -6.72. The van der Waals surface area contributed by atoms with Gasteiger partial charge in [-0.1, -0.05) is 49.3 Å². The molecule has 17 nitrogen and oxygen atoms in total. The van der Waals surface area contributed by atoms with Gasteiger partial charge in [0.05, 0.1) is 74.1 Å². The van der Waals surface area contributed by atoms with Gasteiger partial charge in [-0.2, -0.15) is 0 Å². The molecule has 0 bridgehead atoms. The summed E-state index contributed by atoms with van der Waals surface area (Å²) in [7, 11) is 4.51. The highest BCUT2D eigenvalue weighted by molar-refractivity contribution is 6.07. The van der Waals surface area contributed by atoms with Crippen LogP contribution in [-0.4, -0.2) is 111 Å². The number of nitrogens with one attached hydrogen (secondary N) is 1. The lowest BCUT2D eigenvalue weighted by Gasteiger charge is -2.34. The second kappa shape index (κ2) is 21.5. The fraction of sp³-hybridized carbons (Fsp3) is 0.451. The van der Waals surface area contributed by atoms with Crippen molar-refractivity contribution < 1.29 is 52.4 Å². The number of anilines is 1. The van der Waals surface area contributed by atoms with Gasteiger partial charge in [0.25, 0.3) is 11.8 Å². The minimum atomic E-state index is -0.919. The summed E-state index contributed by atoms with van der Waals surface area (Å²) in [5.74, 6) is 0.518. The van der Waals surface area contributed by atoms with Crippen LogP contribution in [0.25, 0.3) is 0 Å². The molecule has 0 aliphatic carbocycles. The maximum absolute atomic E-state index is 14.3. The summed E-state index contributed by atoms with van der Waals surface area (Å²) < 4.78 is 35.7. The highest BCUT2D eigenvalue weighted by Gasteiger charge is 2.46. The van der Waals surface area contributed by atoms with Gasteiger partial charge in [-0.15, -0.1) is 0 Å². The molecular weight excluding hydrogens is 873 g/mol. The number of aliphatic imine (C=N–C) groups is 1. The number of nitrogens with two attached hydrogens (primary N) is 1. The van der Waals surface area contributed by atoms with E-state index in [1.807, 2.05) is 33.9 Å². The fourth-order valence-electron chi connectivity index (χ4n) is 8.68. The number of carbonyl (C=O) groups is 5. The molecule has 68 heavy (non-hydrogen) atoms. The normalized spacial score (nSPS) is 19.1. The van der Waals surface area contributed by atoms with Crippen LogP contribution in [0, 0.1) is 5.92 Å². The van der Waals surface area contributed by atoms with Crippen LogP contribution in [0.1, 0.15) is 98.6 Å². The third kappa shape index (κ3) is 10.7. The molecule has 362 valence electrons. The quantitative estimate of drug-likeness (QED) is 0.117. The van der Waals surface area contributed by atoms with Crippen LogP contribution in [0.3, 0.4) is 0 Å². The second-order valence-electron chi connectivity index (χ2n) is 18.0. The second-order valence-corrected chi connectivity index (χ2v) is 18.0. The monoisotopic (exact) mass is 934 g/mol. The number of ketones is 1. The Kier molecular flexibility index (Phi) is 15.5. The number of unbranched alkanes of at least 4 members (excludes halogenated alkanes) is 2. The van der Waals surface area contributed by atoms with Crippen LogP contribution >= 0.6 is 0 Å². The van der Waals surface area contributed by atoms with Gasteiger partial charge in [0.15, 0.2) is 35.0 Å². The van der Waals surface area contributed by atoms with Crippen molar-refractivity contribution in [3.63, 3.8) is 0 Å². The van der Waals surface area contributed by atoms with Gasteiger partial charge in [0, 0.05) is 44.3 Å². The Labute approximate surface area is 397 Å². The van der Waals surface area contributed by atoms with Crippen molar-refractivity contribution in [2.75, 3.05) is 39.4 Å². The van der Waals surface area contributed by atoms with E-state index < -0.39 is 30.4 Å². The van der Waals surface area contributed by atoms with Gasteiger partial charge in [0.2, 0.25) is 5.91 Å². The zero-order valence-corrected chi connectivity index (χ0v) is 40.0. The molecule has 3 aromatic carbocycles. The van der Waals surface area contributed by atoms with Crippen molar-refractivity contribution in [1.29, 1.82) is 0 Å². The van der Waals surface area contributed by atoms with Gasteiger partial charge in [0.1, 0.15) is 6.61 Å². The van der Waals surface area contributed by atoms with E-state index in [1.54, 1.807) is 77.7 Å². The maximum atomic E-state index is 14.3. The first kappa shape index (κ1) is 49.2. The standard InChI is InChI=1S/C51H62N6O11/c1-29(2)46(52)47(59)54-32(5)41(58)20-33-12-14-34(15-13-33)28-68-51(62)57-39-24-45(43(64-7)22-37(39)49(61)56-27-31(4)19-40(56)50(57)65-8)67-17-11-9-10-16-66-44-23-38-36(21-42(44)63-6)48(60)55-26-30(3)18-35(55)25-53-38/h12-15,21-27,29,32,35,40,46,50H,9-11,16-20,28,52H2,1-8H3,(H,54,59)/t32-,35-,40-,46-,50-/m0/s1. The smallest absolute Gasteiger partial charge is 0.416 e. The molecule has 0 fully saturated rings. The van der Waals surface area contributed by atoms with Crippen LogP contribution < -0.4 is 34.9 Å². The summed E-state index contributed by atoms with van der Waals surface area (Å²) in [6, 6.07) is 11.6. The predicted octanol–water partition coefficient (Wildman–Crippen LogP) is 7.01. The van der Waals surface area contributed by atoms with Gasteiger partial charge < -0.3 is 49.3 Å². The maximum Gasteiger partial charge on any atom is 0.416 e. The van der Waals surface area contributed by atoms with E-state index in [-0.39, 0.29) is 59.7 Å². The van der Waals surface area contributed by atoms with E-state index in [4.69, 9.17) is 34.2 Å². The summed E-state index contributed by atoms with van der Waals surface area (Å²) in [4.78, 5) is 76.5. The summed E-state index contributed by atoms with van der Waals surface area (Å²) in [5.41, 5.74) is 10.8. The Morgan fingerprint density at radius 3 is 2.03 bits per heavy atom. The Bertz CT molecular complexity index is 2500. The van der Waals surface area contributed by atoms with Gasteiger partial charge in [-0.3, -0.25) is 24.2 Å². The first-order valence-electron chi connectivity index (χ1n) is 23.0. The van der Waals surface area contributed by atoms with Crippen molar-refractivity contribution in [2.24, 2.45) is 16.6 Å². The van der Waals surface area contributed by atoms with Crippen molar-refractivity contribution in [3.8, 4) is 23.0 Å². The number of fused-ring (bicyclic) bond motifs is 4. The van der Waals surface area contributed by atoms with Crippen LogP contribution in [0.4, 0.5) is 16.2 Å². The molecule has 4 aliphatic heterocycles. The first-order valence-corrected chi connectivity index (χ1v) is 23.0. The number of rotatable bonds is 19. The molecule has 5 atom stereocenters. The Morgan fingerprint density at radius 1 is 0.779 bits per heavy atom. The molecule has 4 heterocycles. The van der Waals surface area contributed by atoms with E-state index in [0.29, 0.717) is 72.3 Å². The van der Waals surface area contributed by atoms with Crippen molar-refractivity contribution in [1.82, 2.24) is 15.1 Å². The summed E-state index contributed by atoms with van der Waals surface area (Å²) in [5, 5.41) is 2.70. The zero-order valence-electron chi connectivity index (χ0n) is 40.0. The lowest BCUT2D eigenvalue weighted by Crippen LogP contribution is -2.51. The fourth-order valence-corrected chi connectivity index (χ4v) is 8.68. The lowest BCUT2D eigenvalue weighted by atomic mass is 10.0. The van der Waals surface area contributed by atoms with Crippen LogP contribution in [0.5, 0.6) is 23.0 Å². The van der Waals surface area contributed by atoms with Gasteiger partial charge >= 0.3 is 6.09 Å². The number of benzene rings is 3. The number of Topliss-reactive ketones (excluding diaryl/α,β-unsaturated/α-hetero) is 1. The average molecular weight is 935 g/mol. The lowest BCUT2D eigenvalue weighted by molar-refractivity contribution is -0.128. The molecule has 7 rings (SSSR count). The highest BCUT2D eigenvalue weighted by Crippen LogP contribution is 2.43. The molecular formula is C51H62N6O11. The SMILES string of the molecule is COc1cc2c(cc1OCCCCCOc1cc3c(cc1OC)C(=O)N1C=C(C)C[C@H]1[C@H](OC)N3C(=O)OCc1ccc(CC(=O)[C@H](C)NC(=O)[C@@H](N)C(C)C)cc1)N=C[C@@H]1CC(C)=CN1C2=O. The molecule has 4 aliphatic rings. The third-order valence-electron chi connectivity index (χ3n) is 12.6. The first-order chi connectivity index (χ1) is 32.6. The van der Waals surface area contributed by atoms with Crippen molar-refractivity contribution in [2.45, 2.75) is 110 Å². The molecule has 3 N–H and O–H groups in total. The molecule has 0 unspecified atom stereocenters. The molecule has 0 aromatic heterocycles. The number of ether oxygens (including phenoxy) is 6. The Balaban J connectivity index is 0.990. The van der Waals surface area contributed by atoms with E-state index in [9.17, 15) is 24.0 Å². The highest BCUT2D eigenvalue weighted by atomic mass is 16.6. The zero-order chi connectivity index (χ0) is 48.8. The van der Waals surface area contributed by atoms with Crippen LogP contribution in [-0.2, 0) is 32.1 Å². The number of methoxy groups -OCH3 is 3. The largest absolute Gasteiger partial charge is 0.493 e. The summed E-state index contributed by atoms with van der Waals surface area (Å²) in [6.45, 7) is 9.80. The predicted molar refractivity (Wildman–Crippen MR) is 255 cm³/mol. The molecule has 0 saturated carbocycles. The third-order valence-corrected chi connectivity index (χ3v) is 12.6. The number of carbonyl (C=O) groups excluding carboxylic acids is 5. The summed E-state index contributed by atoms with van der Waals surface area (Å²) in [6.07, 6.45) is 7.18. The minimum absolute atomic E-state index is 0.0675. The molecule has 3 aromatic rings.